The highest BCUT2D eigenvalue weighted by Gasteiger charge is 2.09. The summed E-state index contributed by atoms with van der Waals surface area (Å²) in [6, 6.07) is 7.31. The Labute approximate surface area is 119 Å². The summed E-state index contributed by atoms with van der Waals surface area (Å²) in [6.45, 7) is 1.54. The minimum Gasteiger partial charge on any atom is -0.307 e. The predicted octanol–water partition coefficient (Wildman–Crippen LogP) is 4.57. The summed E-state index contributed by atoms with van der Waals surface area (Å²) in [6.07, 6.45) is 0. The van der Waals surface area contributed by atoms with Crippen LogP contribution in [0.4, 0.5) is 25.0 Å². The fraction of sp³-hybridized carbons (Fsp3) is 0.0714. The first-order chi connectivity index (χ1) is 9.47. The van der Waals surface area contributed by atoms with Crippen LogP contribution in [-0.2, 0) is 0 Å². The van der Waals surface area contributed by atoms with Gasteiger partial charge in [0.2, 0.25) is 0 Å². The van der Waals surface area contributed by atoms with E-state index in [2.05, 4.69) is 10.6 Å². The van der Waals surface area contributed by atoms with Gasteiger partial charge in [0.1, 0.15) is 11.6 Å². The molecular weight excluding hydrogens is 286 g/mol. The van der Waals surface area contributed by atoms with Crippen molar-refractivity contribution in [1.29, 1.82) is 0 Å². The van der Waals surface area contributed by atoms with E-state index in [0.717, 1.165) is 6.07 Å². The van der Waals surface area contributed by atoms with Gasteiger partial charge >= 0.3 is 6.03 Å². The molecule has 2 amide bonds. The molecule has 6 heteroatoms. The molecule has 2 aromatic rings. The standard InChI is InChI=1S/C14H11ClF2N2O/c1-8-11(17)3-2-4-12(8)18-14(20)19-13-7-9(16)5-6-10(13)15/h2-7H,1H3,(H2,18,19,20). The average molecular weight is 297 g/mol. The molecule has 0 aliphatic carbocycles. The molecule has 3 nitrogen and oxygen atoms in total. The van der Waals surface area contributed by atoms with Crippen LogP contribution in [0.25, 0.3) is 0 Å². The smallest absolute Gasteiger partial charge is 0.307 e. The van der Waals surface area contributed by atoms with Gasteiger partial charge in [-0.1, -0.05) is 17.7 Å². The summed E-state index contributed by atoms with van der Waals surface area (Å²) in [5.41, 5.74) is 0.779. The minimum atomic E-state index is -0.633. The molecule has 2 aromatic carbocycles. The number of nitrogens with one attached hydrogen (secondary N) is 2. The van der Waals surface area contributed by atoms with Gasteiger partial charge in [-0.3, -0.25) is 0 Å². The van der Waals surface area contributed by atoms with Crippen molar-refractivity contribution in [2.75, 3.05) is 10.6 Å². The zero-order valence-corrected chi connectivity index (χ0v) is 11.3. The van der Waals surface area contributed by atoms with E-state index in [-0.39, 0.29) is 10.7 Å². The lowest BCUT2D eigenvalue weighted by Gasteiger charge is -2.11. The van der Waals surface area contributed by atoms with Gasteiger partial charge in [0, 0.05) is 11.3 Å². The highest BCUT2D eigenvalue weighted by molar-refractivity contribution is 6.33. The first-order valence-electron chi connectivity index (χ1n) is 5.75. The Morgan fingerprint density at radius 1 is 1.10 bits per heavy atom. The number of carbonyl (C=O) groups excluding carboxylic acids is 1. The molecule has 2 N–H and O–H groups in total. The molecule has 0 heterocycles. The molecular formula is C14H11ClF2N2O. The van der Waals surface area contributed by atoms with Gasteiger partial charge in [-0.2, -0.15) is 0 Å². The number of hydrogen-bond donors (Lipinski definition) is 2. The number of urea groups is 1. The van der Waals surface area contributed by atoms with Crippen molar-refractivity contribution in [3.8, 4) is 0 Å². The SMILES string of the molecule is Cc1c(F)cccc1NC(=O)Nc1cc(F)ccc1Cl. The summed E-state index contributed by atoms with van der Waals surface area (Å²) in [5, 5.41) is 5.08. The van der Waals surface area contributed by atoms with Crippen molar-refractivity contribution < 1.29 is 13.6 Å². The molecule has 0 saturated carbocycles. The van der Waals surface area contributed by atoms with Gasteiger partial charge in [-0.15, -0.1) is 0 Å². The molecule has 0 bridgehead atoms. The summed E-state index contributed by atoms with van der Waals surface area (Å²) in [7, 11) is 0. The van der Waals surface area contributed by atoms with E-state index in [1.807, 2.05) is 0 Å². The molecule has 0 aliphatic rings. The van der Waals surface area contributed by atoms with Gasteiger partial charge < -0.3 is 10.6 Å². The molecule has 104 valence electrons. The van der Waals surface area contributed by atoms with Crippen LogP contribution in [0.5, 0.6) is 0 Å². The number of halogens is 3. The Kier molecular flexibility index (Phi) is 4.20. The molecule has 0 spiro atoms. The fourth-order valence-corrected chi connectivity index (χ4v) is 1.78. The summed E-state index contributed by atoms with van der Waals surface area (Å²) in [4.78, 5) is 11.8. The van der Waals surface area contributed by atoms with Crippen molar-refractivity contribution in [2.45, 2.75) is 6.92 Å². The second kappa shape index (κ2) is 5.88. The second-order valence-corrected chi connectivity index (χ2v) is 4.52. The third-order valence-electron chi connectivity index (χ3n) is 2.69. The Bertz CT molecular complexity index is 656. The molecule has 0 atom stereocenters. The molecule has 0 unspecified atom stereocenters. The number of amides is 2. The van der Waals surface area contributed by atoms with Crippen LogP contribution in [0, 0.1) is 18.6 Å². The van der Waals surface area contributed by atoms with Crippen LogP contribution in [0.1, 0.15) is 5.56 Å². The number of carbonyl (C=O) groups is 1. The lowest BCUT2D eigenvalue weighted by atomic mass is 10.2. The maximum atomic E-state index is 13.3. The highest BCUT2D eigenvalue weighted by Crippen LogP contribution is 2.23. The van der Waals surface area contributed by atoms with Crippen LogP contribution in [0.3, 0.4) is 0 Å². The van der Waals surface area contributed by atoms with Crippen molar-refractivity contribution >= 4 is 29.0 Å². The van der Waals surface area contributed by atoms with E-state index in [4.69, 9.17) is 11.6 Å². The maximum absolute atomic E-state index is 13.3. The minimum absolute atomic E-state index is 0.137. The normalized spacial score (nSPS) is 10.2. The van der Waals surface area contributed by atoms with Crippen molar-refractivity contribution in [1.82, 2.24) is 0 Å². The molecule has 0 radical (unpaired) electrons. The fourth-order valence-electron chi connectivity index (χ4n) is 1.61. The van der Waals surface area contributed by atoms with E-state index < -0.39 is 17.7 Å². The third-order valence-corrected chi connectivity index (χ3v) is 3.02. The van der Waals surface area contributed by atoms with Crippen LogP contribution in [0.2, 0.25) is 5.02 Å². The van der Waals surface area contributed by atoms with E-state index >= 15 is 0 Å². The number of rotatable bonds is 2. The zero-order chi connectivity index (χ0) is 14.7. The third kappa shape index (κ3) is 3.24. The number of benzene rings is 2. The quantitative estimate of drug-likeness (QED) is 0.837. The van der Waals surface area contributed by atoms with Gasteiger partial charge in [-0.25, -0.2) is 13.6 Å². The lowest BCUT2D eigenvalue weighted by Crippen LogP contribution is -2.20. The Morgan fingerprint density at radius 3 is 2.55 bits per heavy atom. The molecule has 20 heavy (non-hydrogen) atoms. The molecule has 2 rings (SSSR count). The number of anilines is 2. The van der Waals surface area contributed by atoms with Gasteiger partial charge in [-0.05, 0) is 37.3 Å². The van der Waals surface area contributed by atoms with E-state index in [1.165, 1.54) is 24.3 Å². The molecule has 0 saturated heterocycles. The number of hydrogen-bond acceptors (Lipinski definition) is 1. The second-order valence-electron chi connectivity index (χ2n) is 4.12. The summed E-state index contributed by atoms with van der Waals surface area (Å²) in [5.74, 6) is -0.946. The zero-order valence-electron chi connectivity index (χ0n) is 10.5. The Hall–Kier alpha value is -2.14. The van der Waals surface area contributed by atoms with E-state index in [0.29, 0.717) is 11.3 Å². The van der Waals surface area contributed by atoms with Crippen LogP contribution in [0.15, 0.2) is 36.4 Å². The average Bonchev–Trinajstić information content (AvgIpc) is 2.39. The van der Waals surface area contributed by atoms with Crippen molar-refractivity contribution in [3.63, 3.8) is 0 Å². The monoisotopic (exact) mass is 296 g/mol. The predicted molar refractivity (Wildman–Crippen MR) is 75.2 cm³/mol. The lowest BCUT2D eigenvalue weighted by molar-refractivity contribution is 0.262. The van der Waals surface area contributed by atoms with Crippen molar-refractivity contribution in [2.24, 2.45) is 0 Å². The van der Waals surface area contributed by atoms with Crippen LogP contribution >= 0.6 is 11.6 Å². The van der Waals surface area contributed by atoms with Crippen LogP contribution < -0.4 is 10.6 Å². The first kappa shape index (κ1) is 14.3. The largest absolute Gasteiger partial charge is 0.323 e. The van der Waals surface area contributed by atoms with Gasteiger partial charge in [0.05, 0.1) is 10.7 Å². The van der Waals surface area contributed by atoms with Crippen LogP contribution in [-0.4, -0.2) is 6.03 Å². The first-order valence-corrected chi connectivity index (χ1v) is 6.13. The van der Waals surface area contributed by atoms with Gasteiger partial charge in [0.15, 0.2) is 0 Å². The van der Waals surface area contributed by atoms with E-state index in [1.54, 1.807) is 13.0 Å². The highest BCUT2D eigenvalue weighted by atomic mass is 35.5. The topological polar surface area (TPSA) is 41.1 Å². The Balaban J connectivity index is 2.13. The van der Waals surface area contributed by atoms with E-state index in [9.17, 15) is 13.6 Å². The maximum Gasteiger partial charge on any atom is 0.323 e. The van der Waals surface area contributed by atoms with Gasteiger partial charge in [0.25, 0.3) is 0 Å². The Morgan fingerprint density at radius 2 is 1.80 bits per heavy atom. The van der Waals surface area contributed by atoms with Crippen molar-refractivity contribution in [3.05, 3.63) is 58.6 Å². The molecule has 0 fully saturated rings. The molecule has 0 aliphatic heterocycles. The summed E-state index contributed by atoms with van der Waals surface area (Å²) >= 11 is 5.83. The molecule has 0 aromatic heterocycles. The summed E-state index contributed by atoms with van der Waals surface area (Å²) < 4.78 is 26.4.